The molecule has 0 saturated heterocycles. The lowest BCUT2D eigenvalue weighted by Crippen LogP contribution is -2.28. The zero-order valence-corrected chi connectivity index (χ0v) is 19.0. The van der Waals surface area contributed by atoms with Gasteiger partial charge >= 0.3 is 6.18 Å². The lowest BCUT2D eigenvalue weighted by Gasteiger charge is -2.16. The molecule has 0 aliphatic rings. The van der Waals surface area contributed by atoms with Gasteiger partial charge in [-0.3, -0.25) is 0 Å². The molecular weight excluding hydrogens is 445 g/mol. The Morgan fingerprint density at radius 3 is 2.12 bits per heavy atom. The number of rotatable bonds is 6. The predicted molar refractivity (Wildman–Crippen MR) is 126 cm³/mol. The van der Waals surface area contributed by atoms with Crippen molar-refractivity contribution >= 4 is 11.3 Å². The van der Waals surface area contributed by atoms with E-state index < -0.39 is 17.3 Å². The van der Waals surface area contributed by atoms with Crippen LogP contribution in [-0.2, 0) is 18.3 Å². The summed E-state index contributed by atoms with van der Waals surface area (Å²) < 4.78 is 46.9. The van der Waals surface area contributed by atoms with Gasteiger partial charge in [0.15, 0.2) is 0 Å². The number of thiazole rings is 1. The Labute approximate surface area is 194 Å². The summed E-state index contributed by atoms with van der Waals surface area (Å²) in [5.41, 5.74) is 8.28. The standard InChI is InChI=1S/C26H23F3N2OS/c1-25(2,30)24-31-22(16-33-24)20-12-13-23(21(14-20)26(27,28)29)32-15-17-8-10-19(11-9-17)18-6-4-3-5-7-18/h3-14,16H,15,30H2,1-2H3. The predicted octanol–water partition coefficient (Wildman–Crippen LogP) is 7.27. The van der Waals surface area contributed by atoms with E-state index in [1.807, 2.05) is 54.6 Å². The second-order valence-electron chi connectivity index (χ2n) is 8.32. The highest BCUT2D eigenvalue weighted by molar-refractivity contribution is 7.10. The number of benzene rings is 3. The van der Waals surface area contributed by atoms with Crippen LogP contribution in [0.2, 0.25) is 0 Å². The Kier molecular flexibility index (Phi) is 6.28. The van der Waals surface area contributed by atoms with E-state index in [1.54, 1.807) is 25.3 Å². The molecule has 7 heteroatoms. The molecular formula is C26H23F3N2OS. The lowest BCUT2D eigenvalue weighted by molar-refractivity contribution is -0.139. The van der Waals surface area contributed by atoms with E-state index in [0.29, 0.717) is 16.3 Å². The van der Waals surface area contributed by atoms with E-state index in [-0.39, 0.29) is 12.4 Å². The third-order valence-corrected chi connectivity index (χ3v) is 6.27. The van der Waals surface area contributed by atoms with Gasteiger partial charge < -0.3 is 10.5 Å². The smallest absolute Gasteiger partial charge is 0.419 e. The van der Waals surface area contributed by atoms with Crippen molar-refractivity contribution in [3.63, 3.8) is 0 Å². The summed E-state index contributed by atoms with van der Waals surface area (Å²) in [5.74, 6) is -0.215. The Hall–Kier alpha value is -3.16. The van der Waals surface area contributed by atoms with Crippen LogP contribution in [0.1, 0.15) is 30.0 Å². The Bertz CT molecular complexity index is 1230. The molecule has 3 nitrogen and oxygen atoms in total. The van der Waals surface area contributed by atoms with Crippen LogP contribution in [0.25, 0.3) is 22.4 Å². The van der Waals surface area contributed by atoms with Crippen LogP contribution in [0, 0.1) is 0 Å². The van der Waals surface area contributed by atoms with E-state index in [9.17, 15) is 13.2 Å². The third-order valence-electron chi connectivity index (χ3n) is 5.09. The first-order valence-electron chi connectivity index (χ1n) is 10.3. The molecule has 2 N–H and O–H groups in total. The first-order valence-corrected chi connectivity index (χ1v) is 11.2. The molecule has 3 aromatic carbocycles. The molecule has 0 saturated carbocycles. The van der Waals surface area contributed by atoms with Crippen LogP contribution in [0.4, 0.5) is 13.2 Å². The third kappa shape index (κ3) is 5.43. The van der Waals surface area contributed by atoms with E-state index in [1.165, 1.54) is 17.4 Å². The van der Waals surface area contributed by atoms with Crippen LogP contribution < -0.4 is 10.5 Å². The minimum absolute atomic E-state index is 0.0275. The Morgan fingerprint density at radius 2 is 1.52 bits per heavy atom. The van der Waals surface area contributed by atoms with Crippen molar-refractivity contribution in [3.8, 4) is 28.1 Å². The van der Waals surface area contributed by atoms with Gasteiger partial charge in [-0.05, 0) is 48.7 Å². The molecule has 0 aliphatic carbocycles. The number of ether oxygens (including phenoxy) is 1. The molecule has 0 fully saturated rings. The van der Waals surface area contributed by atoms with Crippen LogP contribution in [0.3, 0.4) is 0 Å². The number of aromatic nitrogens is 1. The molecule has 4 rings (SSSR count). The van der Waals surface area contributed by atoms with E-state index in [4.69, 9.17) is 10.5 Å². The summed E-state index contributed by atoms with van der Waals surface area (Å²) in [6.45, 7) is 3.64. The number of nitrogens with two attached hydrogens (primary N) is 1. The molecule has 0 aliphatic heterocycles. The first-order chi connectivity index (χ1) is 15.6. The summed E-state index contributed by atoms with van der Waals surface area (Å²) in [6, 6.07) is 21.5. The molecule has 0 radical (unpaired) electrons. The van der Waals surface area contributed by atoms with Crippen molar-refractivity contribution in [3.05, 3.63) is 94.3 Å². The quantitative estimate of drug-likeness (QED) is 0.324. The van der Waals surface area contributed by atoms with E-state index >= 15 is 0 Å². The fraction of sp³-hybridized carbons (Fsp3) is 0.192. The number of nitrogens with zero attached hydrogens (tertiary/aromatic N) is 1. The van der Waals surface area contributed by atoms with Crippen LogP contribution in [-0.4, -0.2) is 4.98 Å². The largest absolute Gasteiger partial charge is 0.488 e. The van der Waals surface area contributed by atoms with Gasteiger partial charge in [-0.15, -0.1) is 11.3 Å². The average molecular weight is 469 g/mol. The molecule has 0 amide bonds. The highest BCUT2D eigenvalue weighted by Crippen LogP contribution is 2.39. The molecule has 4 aromatic rings. The Morgan fingerprint density at radius 1 is 0.879 bits per heavy atom. The van der Waals surface area contributed by atoms with Crippen molar-refractivity contribution < 1.29 is 17.9 Å². The number of hydrogen-bond donors (Lipinski definition) is 1. The average Bonchev–Trinajstić information content (AvgIpc) is 3.29. The normalized spacial score (nSPS) is 12.1. The fourth-order valence-corrected chi connectivity index (χ4v) is 4.19. The highest BCUT2D eigenvalue weighted by atomic mass is 32.1. The van der Waals surface area contributed by atoms with E-state index in [0.717, 1.165) is 22.8 Å². The van der Waals surface area contributed by atoms with Gasteiger partial charge in [0.2, 0.25) is 0 Å². The SMILES string of the molecule is CC(C)(N)c1nc(-c2ccc(OCc3ccc(-c4ccccc4)cc3)c(C(F)(F)F)c2)cs1. The minimum atomic E-state index is -4.56. The van der Waals surface area contributed by atoms with Gasteiger partial charge in [-0.25, -0.2) is 4.98 Å². The van der Waals surface area contributed by atoms with Gasteiger partial charge in [-0.2, -0.15) is 13.2 Å². The summed E-state index contributed by atoms with van der Waals surface area (Å²) in [5, 5.41) is 2.37. The maximum Gasteiger partial charge on any atom is 0.419 e. The van der Waals surface area contributed by atoms with Crippen molar-refractivity contribution in [2.45, 2.75) is 32.2 Å². The molecule has 170 valence electrons. The van der Waals surface area contributed by atoms with Gasteiger partial charge in [-0.1, -0.05) is 54.6 Å². The molecule has 1 aromatic heterocycles. The molecule has 1 heterocycles. The number of alkyl halides is 3. The number of halogens is 3. The summed E-state index contributed by atoms with van der Waals surface area (Å²) in [4.78, 5) is 4.42. The van der Waals surface area contributed by atoms with Gasteiger partial charge in [0.25, 0.3) is 0 Å². The van der Waals surface area contributed by atoms with Crippen molar-refractivity contribution in [1.29, 1.82) is 0 Å². The molecule has 0 bridgehead atoms. The number of hydrogen-bond acceptors (Lipinski definition) is 4. The second-order valence-corrected chi connectivity index (χ2v) is 9.18. The van der Waals surface area contributed by atoms with Crippen molar-refractivity contribution in [2.75, 3.05) is 0 Å². The molecule has 0 unspecified atom stereocenters. The highest BCUT2D eigenvalue weighted by Gasteiger charge is 2.35. The summed E-state index contributed by atoms with van der Waals surface area (Å²) in [7, 11) is 0. The zero-order valence-electron chi connectivity index (χ0n) is 18.2. The summed E-state index contributed by atoms with van der Waals surface area (Å²) in [6.07, 6.45) is -4.56. The van der Waals surface area contributed by atoms with Gasteiger partial charge in [0.05, 0.1) is 16.8 Å². The fourth-order valence-electron chi connectivity index (χ4n) is 3.32. The topological polar surface area (TPSA) is 48.1 Å². The van der Waals surface area contributed by atoms with Gasteiger partial charge in [0, 0.05) is 10.9 Å². The Balaban J connectivity index is 1.54. The van der Waals surface area contributed by atoms with Crippen LogP contribution in [0.5, 0.6) is 5.75 Å². The monoisotopic (exact) mass is 468 g/mol. The van der Waals surface area contributed by atoms with E-state index in [2.05, 4.69) is 4.98 Å². The lowest BCUT2D eigenvalue weighted by atomic mass is 10.0. The molecule has 0 atom stereocenters. The molecule has 0 spiro atoms. The van der Waals surface area contributed by atoms with Gasteiger partial charge in [0.1, 0.15) is 17.4 Å². The first kappa shape index (κ1) is 23.0. The minimum Gasteiger partial charge on any atom is -0.488 e. The van der Waals surface area contributed by atoms with Crippen LogP contribution >= 0.6 is 11.3 Å². The maximum atomic E-state index is 13.8. The van der Waals surface area contributed by atoms with Crippen LogP contribution in [0.15, 0.2) is 78.2 Å². The summed E-state index contributed by atoms with van der Waals surface area (Å²) >= 11 is 1.33. The van der Waals surface area contributed by atoms with Crippen molar-refractivity contribution in [1.82, 2.24) is 4.98 Å². The maximum absolute atomic E-state index is 13.8. The zero-order chi connectivity index (χ0) is 23.6. The van der Waals surface area contributed by atoms with Crippen molar-refractivity contribution in [2.24, 2.45) is 5.73 Å². The second kappa shape index (κ2) is 9.00. The molecule has 33 heavy (non-hydrogen) atoms.